The molecule has 1 aromatic carbocycles. The van der Waals surface area contributed by atoms with E-state index in [1.165, 1.54) is 13.2 Å². The molecule has 0 fully saturated rings. The van der Waals surface area contributed by atoms with Gasteiger partial charge in [0, 0.05) is 12.1 Å². The van der Waals surface area contributed by atoms with Crippen molar-refractivity contribution in [1.82, 2.24) is 20.1 Å². The van der Waals surface area contributed by atoms with E-state index in [4.69, 9.17) is 16.3 Å². The Bertz CT molecular complexity index is 1210. The molecule has 9 nitrogen and oxygen atoms in total. The third kappa shape index (κ3) is 5.46. The van der Waals surface area contributed by atoms with Gasteiger partial charge in [0.15, 0.2) is 0 Å². The zero-order valence-corrected chi connectivity index (χ0v) is 17.3. The Morgan fingerprint density at radius 2 is 2.13 bits per heavy atom. The Kier molecular flexibility index (Phi) is 6.99. The van der Waals surface area contributed by atoms with Gasteiger partial charge in [-0.2, -0.15) is 9.78 Å². The van der Waals surface area contributed by atoms with Gasteiger partial charge in [-0.3, -0.25) is 14.6 Å². The third-order valence-corrected chi connectivity index (χ3v) is 4.80. The highest BCUT2D eigenvalue weighted by Crippen LogP contribution is 2.19. The van der Waals surface area contributed by atoms with E-state index in [0.717, 1.165) is 16.4 Å². The number of ether oxygens (including phenoxy) is 1. The number of halogens is 1. The van der Waals surface area contributed by atoms with E-state index in [1.807, 2.05) is 6.07 Å². The van der Waals surface area contributed by atoms with E-state index in [9.17, 15) is 19.2 Å². The van der Waals surface area contributed by atoms with Gasteiger partial charge in [-0.1, -0.05) is 24.3 Å². The maximum Gasteiger partial charge on any atom is 0.349 e. The highest BCUT2D eigenvalue weighted by Gasteiger charge is 2.20. The van der Waals surface area contributed by atoms with E-state index in [1.54, 1.807) is 36.4 Å². The first-order valence-corrected chi connectivity index (χ1v) is 9.71. The molecule has 0 bridgehead atoms. The SMILES string of the molecule is COC(=O)c1cccc(CCNC(=O)C2=CC(n3ncc(=O)[nH]c3=O)=CC=CC2Cl)c1. The fourth-order valence-electron chi connectivity index (χ4n) is 2.90. The number of benzene rings is 1. The lowest BCUT2D eigenvalue weighted by Crippen LogP contribution is -2.32. The highest BCUT2D eigenvalue weighted by molar-refractivity contribution is 6.27. The maximum atomic E-state index is 12.7. The van der Waals surface area contributed by atoms with Crippen molar-refractivity contribution in [2.75, 3.05) is 13.7 Å². The summed E-state index contributed by atoms with van der Waals surface area (Å²) < 4.78 is 5.67. The summed E-state index contributed by atoms with van der Waals surface area (Å²) in [5.41, 5.74) is 0.407. The molecular weight excluding hydrogens is 424 g/mol. The molecule has 0 saturated heterocycles. The number of nitrogens with zero attached hydrogens (tertiary/aromatic N) is 2. The number of aromatic amines is 1. The van der Waals surface area contributed by atoms with Crippen LogP contribution in [0.5, 0.6) is 0 Å². The number of nitrogens with one attached hydrogen (secondary N) is 2. The fraction of sp³-hybridized carbons (Fsp3) is 0.190. The normalized spacial score (nSPS) is 15.5. The van der Waals surface area contributed by atoms with Crippen LogP contribution in [0.25, 0.3) is 5.70 Å². The Morgan fingerprint density at radius 3 is 2.87 bits per heavy atom. The molecule has 160 valence electrons. The molecule has 1 aliphatic carbocycles. The van der Waals surface area contributed by atoms with Crippen LogP contribution in [-0.4, -0.2) is 45.7 Å². The second-order valence-electron chi connectivity index (χ2n) is 6.53. The molecule has 0 radical (unpaired) electrons. The number of hydrogen-bond donors (Lipinski definition) is 2. The van der Waals surface area contributed by atoms with E-state index < -0.39 is 28.5 Å². The molecule has 10 heteroatoms. The Labute approximate surface area is 181 Å². The minimum atomic E-state index is -0.735. The topological polar surface area (TPSA) is 123 Å². The van der Waals surface area contributed by atoms with Crippen LogP contribution in [0.1, 0.15) is 15.9 Å². The van der Waals surface area contributed by atoms with Crippen LogP contribution in [-0.2, 0) is 16.0 Å². The van der Waals surface area contributed by atoms with E-state index in [2.05, 4.69) is 15.4 Å². The number of amides is 1. The average molecular weight is 443 g/mol. The number of allylic oxidation sites excluding steroid dienone is 5. The summed E-state index contributed by atoms with van der Waals surface area (Å²) in [6.45, 7) is 0.296. The van der Waals surface area contributed by atoms with Gasteiger partial charge in [-0.15, -0.1) is 11.6 Å². The number of H-pyrrole nitrogens is 1. The van der Waals surface area contributed by atoms with Crippen molar-refractivity contribution in [3.63, 3.8) is 0 Å². The molecule has 2 aromatic rings. The summed E-state index contributed by atoms with van der Waals surface area (Å²) in [5, 5.41) is 5.85. The summed E-state index contributed by atoms with van der Waals surface area (Å²) in [5.74, 6) is -0.851. The zero-order valence-electron chi connectivity index (χ0n) is 16.5. The number of methoxy groups -OCH3 is 1. The molecule has 0 spiro atoms. The first-order chi connectivity index (χ1) is 14.9. The number of alkyl halides is 1. The van der Waals surface area contributed by atoms with Crippen LogP contribution in [0.15, 0.2) is 69.9 Å². The van der Waals surface area contributed by atoms with E-state index in [0.29, 0.717) is 18.5 Å². The minimum absolute atomic E-state index is 0.213. The van der Waals surface area contributed by atoms with Crippen LogP contribution in [0.4, 0.5) is 0 Å². The Morgan fingerprint density at radius 1 is 1.32 bits per heavy atom. The second-order valence-corrected chi connectivity index (χ2v) is 7.00. The first-order valence-electron chi connectivity index (χ1n) is 9.27. The standard InChI is InChI=1S/C21H19ClN4O5/c1-31-20(29)14-5-2-4-13(10-14)8-9-23-19(28)16-11-15(6-3-7-17(16)22)26-21(30)25-18(27)12-24-26/h2-7,10-12,17H,8-9H2,1H3,(H,23,28)(H,25,27,30). The van der Waals surface area contributed by atoms with Crippen LogP contribution in [0, 0.1) is 0 Å². The Hall–Kier alpha value is -3.72. The summed E-state index contributed by atoms with van der Waals surface area (Å²) in [6, 6.07) is 6.93. The second kappa shape index (κ2) is 9.86. The van der Waals surface area contributed by atoms with Crippen LogP contribution < -0.4 is 16.6 Å². The summed E-state index contributed by atoms with van der Waals surface area (Å²) in [6.07, 6.45) is 7.64. The van der Waals surface area contributed by atoms with Gasteiger partial charge >= 0.3 is 11.7 Å². The molecule has 1 heterocycles. The molecule has 1 unspecified atom stereocenters. The minimum Gasteiger partial charge on any atom is -0.465 e. The Balaban J connectivity index is 1.73. The third-order valence-electron chi connectivity index (χ3n) is 4.41. The molecule has 2 N–H and O–H groups in total. The van der Waals surface area contributed by atoms with Crippen molar-refractivity contribution in [1.29, 1.82) is 0 Å². The van der Waals surface area contributed by atoms with Crippen LogP contribution in [0.3, 0.4) is 0 Å². The first kappa shape index (κ1) is 22.0. The quantitative estimate of drug-likeness (QED) is 0.508. The van der Waals surface area contributed by atoms with E-state index in [-0.39, 0.29) is 11.3 Å². The monoisotopic (exact) mass is 442 g/mol. The van der Waals surface area contributed by atoms with Crippen LogP contribution in [0.2, 0.25) is 0 Å². The van der Waals surface area contributed by atoms with Crippen molar-refractivity contribution < 1.29 is 14.3 Å². The molecule has 1 aromatic heterocycles. The highest BCUT2D eigenvalue weighted by atomic mass is 35.5. The molecular formula is C21H19ClN4O5. The largest absolute Gasteiger partial charge is 0.465 e. The number of carbonyl (C=O) groups excluding carboxylic acids is 2. The zero-order chi connectivity index (χ0) is 22.4. The molecule has 0 aliphatic heterocycles. The lowest BCUT2D eigenvalue weighted by molar-refractivity contribution is -0.117. The molecule has 31 heavy (non-hydrogen) atoms. The molecule has 1 atom stereocenters. The lowest BCUT2D eigenvalue weighted by atomic mass is 10.1. The summed E-state index contributed by atoms with van der Waals surface area (Å²) in [4.78, 5) is 49.7. The molecule has 1 aliphatic rings. The van der Waals surface area contributed by atoms with Gasteiger partial charge in [0.05, 0.1) is 23.7 Å². The van der Waals surface area contributed by atoms with Crippen molar-refractivity contribution in [2.24, 2.45) is 0 Å². The molecule has 0 saturated carbocycles. The number of aromatic nitrogens is 3. The van der Waals surface area contributed by atoms with Crippen molar-refractivity contribution in [3.8, 4) is 0 Å². The number of hydrogen-bond acceptors (Lipinski definition) is 6. The van der Waals surface area contributed by atoms with Gasteiger partial charge in [0.1, 0.15) is 6.20 Å². The predicted octanol–water partition coefficient (Wildman–Crippen LogP) is 1.02. The lowest BCUT2D eigenvalue weighted by Gasteiger charge is -2.12. The number of rotatable bonds is 6. The van der Waals surface area contributed by atoms with Gasteiger partial charge in [0.2, 0.25) is 5.91 Å². The van der Waals surface area contributed by atoms with E-state index >= 15 is 0 Å². The predicted molar refractivity (Wildman–Crippen MR) is 115 cm³/mol. The summed E-state index contributed by atoms with van der Waals surface area (Å²) >= 11 is 6.30. The average Bonchev–Trinajstić information content (AvgIpc) is 2.95. The van der Waals surface area contributed by atoms with Crippen molar-refractivity contribution in [2.45, 2.75) is 11.8 Å². The van der Waals surface area contributed by atoms with Crippen molar-refractivity contribution >= 4 is 29.2 Å². The van der Waals surface area contributed by atoms with Crippen molar-refractivity contribution in [3.05, 3.63) is 92.3 Å². The molecule has 3 rings (SSSR count). The van der Waals surface area contributed by atoms with Gasteiger partial charge in [0.25, 0.3) is 5.56 Å². The van der Waals surface area contributed by atoms with Gasteiger partial charge in [-0.25, -0.2) is 9.59 Å². The van der Waals surface area contributed by atoms with Gasteiger partial charge in [-0.05, 0) is 36.3 Å². The number of carbonyl (C=O) groups is 2. The van der Waals surface area contributed by atoms with Gasteiger partial charge < -0.3 is 10.1 Å². The maximum absolute atomic E-state index is 12.7. The fourth-order valence-corrected chi connectivity index (χ4v) is 3.14. The number of esters is 1. The summed E-state index contributed by atoms with van der Waals surface area (Å²) in [7, 11) is 1.31. The molecule has 1 amide bonds. The van der Waals surface area contributed by atoms with Crippen LogP contribution >= 0.6 is 11.6 Å². The smallest absolute Gasteiger partial charge is 0.349 e.